The van der Waals surface area contributed by atoms with Crippen LogP contribution < -0.4 is 0 Å². The third-order valence-corrected chi connectivity index (χ3v) is 0.266. The predicted octanol–water partition coefficient (Wildman–Crippen LogP) is -0.00461. The normalized spacial score (nSPS) is 8.17. The highest BCUT2D eigenvalue weighted by Crippen LogP contribution is 1.76. The topological polar surface area (TPSA) is 57.5 Å². The highest BCUT2D eigenvalue weighted by atomic mass is 16.4. The monoisotopic (exact) mass is 89.0 g/mol. The summed E-state index contributed by atoms with van der Waals surface area (Å²) in [5.41, 5.74) is 0. The van der Waals surface area contributed by atoms with E-state index in [4.69, 9.17) is 10.2 Å². The standard InChI is InChI=1S/C3H5O3/c4-2-1-3(5)6/h2,4H,1H2,(H,5,6). The summed E-state index contributed by atoms with van der Waals surface area (Å²) in [7, 11) is 0. The van der Waals surface area contributed by atoms with Gasteiger partial charge < -0.3 is 10.2 Å². The van der Waals surface area contributed by atoms with Gasteiger partial charge in [-0.2, -0.15) is 0 Å². The third-order valence-electron chi connectivity index (χ3n) is 0.266. The Morgan fingerprint density at radius 3 is 2.33 bits per heavy atom. The Morgan fingerprint density at radius 1 is 1.83 bits per heavy atom. The van der Waals surface area contributed by atoms with Gasteiger partial charge in [0.15, 0.2) is 0 Å². The number of hydrogen-bond donors (Lipinski definition) is 2. The summed E-state index contributed by atoms with van der Waals surface area (Å²) in [5, 5.41) is 15.5. The van der Waals surface area contributed by atoms with E-state index in [9.17, 15) is 4.79 Å². The van der Waals surface area contributed by atoms with Crippen molar-refractivity contribution in [1.29, 1.82) is 0 Å². The largest absolute Gasteiger partial charge is 0.481 e. The minimum absolute atomic E-state index is 0.278. The number of rotatable bonds is 2. The van der Waals surface area contributed by atoms with Crippen LogP contribution in [0.3, 0.4) is 0 Å². The Balaban J connectivity index is 2.83. The van der Waals surface area contributed by atoms with E-state index in [1.54, 1.807) is 0 Å². The molecule has 0 aromatic carbocycles. The van der Waals surface area contributed by atoms with Crippen LogP contribution in [0.1, 0.15) is 6.42 Å². The molecule has 0 saturated carbocycles. The number of hydrogen-bond acceptors (Lipinski definition) is 2. The van der Waals surface area contributed by atoms with Gasteiger partial charge in [0.2, 0.25) is 0 Å². The lowest BCUT2D eigenvalue weighted by Gasteiger charge is -1.79. The summed E-state index contributed by atoms with van der Waals surface area (Å²) in [4.78, 5) is 9.41. The quantitative estimate of drug-likeness (QED) is 0.500. The van der Waals surface area contributed by atoms with Crippen molar-refractivity contribution in [2.45, 2.75) is 6.42 Å². The van der Waals surface area contributed by atoms with Crippen LogP contribution in [-0.2, 0) is 4.79 Å². The average Bonchev–Trinajstić information content (AvgIpc) is 1.35. The van der Waals surface area contributed by atoms with Crippen LogP contribution >= 0.6 is 0 Å². The van der Waals surface area contributed by atoms with Gasteiger partial charge in [0.25, 0.3) is 0 Å². The molecule has 0 spiro atoms. The molecular weight excluding hydrogens is 84.0 g/mol. The van der Waals surface area contributed by atoms with Crippen molar-refractivity contribution in [2.75, 3.05) is 0 Å². The number of carbonyl (C=O) groups is 1. The van der Waals surface area contributed by atoms with Crippen molar-refractivity contribution in [2.24, 2.45) is 0 Å². The fourth-order valence-corrected chi connectivity index (χ4v) is 0.0781. The molecule has 35 valence electrons. The lowest BCUT2D eigenvalue weighted by Crippen LogP contribution is -1.92. The van der Waals surface area contributed by atoms with Gasteiger partial charge in [-0.3, -0.25) is 4.79 Å². The Labute approximate surface area is 35.2 Å². The Bertz CT molecular complexity index is 50.0. The molecule has 0 atom stereocenters. The van der Waals surface area contributed by atoms with E-state index < -0.39 is 5.97 Å². The molecule has 0 rings (SSSR count). The zero-order chi connectivity index (χ0) is 4.99. The molecule has 0 bridgehead atoms. The first kappa shape index (κ1) is 5.43. The molecule has 0 amide bonds. The summed E-state index contributed by atoms with van der Waals surface area (Å²) in [5.74, 6) is -1.02. The predicted molar refractivity (Wildman–Crippen MR) is 18.5 cm³/mol. The lowest BCUT2D eigenvalue weighted by molar-refractivity contribution is -0.136. The first-order chi connectivity index (χ1) is 2.77. The molecule has 0 fully saturated rings. The van der Waals surface area contributed by atoms with Crippen molar-refractivity contribution >= 4 is 5.97 Å². The molecule has 2 N–H and O–H groups in total. The molecule has 0 aliphatic carbocycles. The van der Waals surface area contributed by atoms with Crippen molar-refractivity contribution in [3.8, 4) is 0 Å². The van der Waals surface area contributed by atoms with Crippen molar-refractivity contribution in [1.82, 2.24) is 0 Å². The summed E-state index contributed by atoms with van der Waals surface area (Å²) in [6.45, 7) is 0.600. The number of aliphatic hydroxyl groups excluding tert-OH is 1. The molecule has 0 aliphatic rings. The maximum atomic E-state index is 9.41. The smallest absolute Gasteiger partial charge is 0.306 e. The van der Waals surface area contributed by atoms with Crippen LogP contribution in [0.4, 0.5) is 0 Å². The van der Waals surface area contributed by atoms with Crippen LogP contribution in [0, 0.1) is 6.61 Å². The Morgan fingerprint density at radius 2 is 2.33 bits per heavy atom. The second kappa shape index (κ2) is 2.66. The van der Waals surface area contributed by atoms with Crippen LogP contribution in [0.15, 0.2) is 0 Å². The van der Waals surface area contributed by atoms with Gasteiger partial charge in [-0.25, -0.2) is 0 Å². The minimum Gasteiger partial charge on any atom is -0.481 e. The van der Waals surface area contributed by atoms with E-state index in [1.165, 1.54) is 0 Å². The maximum absolute atomic E-state index is 9.41. The minimum atomic E-state index is -1.02. The number of carboxylic acid groups (broad SMARTS) is 1. The van der Waals surface area contributed by atoms with E-state index in [0.29, 0.717) is 6.61 Å². The number of aliphatic hydroxyl groups is 1. The molecule has 0 saturated heterocycles. The molecule has 0 heterocycles. The maximum Gasteiger partial charge on any atom is 0.306 e. The molecule has 0 aromatic rings. The first-order valence-corrected chi connectivity index (χ1v) is 1.45. The third kappa shape index (κ3) is 3.43. The van der Waals surface area contributed by atoms with E-state index in [-0.39, 0.29) is 6.42 Å². The van der Waals surface area contributed by atoms with E-state index in [2.05, 4.69) is 0 Å². The van der Waals surface area contributed by atoms with Gasteiger partial charge >= 0.3 is 5.97 Å². The summed E-state index contributed by atoms with van der Waals surface area (Å²) >= 11 is 0. The highest BCUT2D eigenvalue weighted by Gasteiger charge is 1.89. The zero-order valence-electron chi connectivity index (χ0n) is 3.09. The van der Waals surface area contributed by atoms with Gasteiger partial charge in [-0.05, 0) is 0 Å². The summed E-state index contributed by atoms with van der Waals surface area (Å²) < 4.78 is 0. The van der Waals surface area contributed by atoms with Gasteiger partial charge in [0.05, 0.1) is 13.0 Å². The van der Waals surface area contributed by atoms with Gasteiger partial charge in [-0.15, -0.1) is 0 Å². The summed E-state index contributed by atoms with van der Waals surface area (Å²) in [6, 6.07) is 0. The van der Waals surface area contributed by atoms with Crippen molar-refractivity contribution in [3.63, 3.8) is 0 Å². The molecular formula is C3H5O3. The zero-order valence-corrected chi connectivity index (χ0v) is 3.09. The molecule has 0 aliphatic heterocycles. The summed E-state index contributed by atoms with van der Waals surface area (Å²) in [6.07, 6.45) is -0.278. The Kier molecular flexibility index (Phi) is 2.40. The molecule has 6 heavy (non-hydrogen) atoms. The van der Waals surface area contributed by atoms with E-state index in [1.807, 2.05) is 0 Å². The van der Waals surface area contributed by atoms with Crippen LogP contribution in [-0.4, -0.2) is 16.2 Å². The van der Waals surface area contributed by atoms with Gasteiger partial charge in [0, 0.05) is 0 Å². The Hall–Kier alpha value is -0.570. The average molecular weight is 89.1 g/mol. The van der Waals surface area contributed by atoms with Crippen molar-refractivity contribution in [3.05, 3.63) is 6.61 Å². The van der Waals surface area contributed by atoms with Crippen LogP contribution in [0.2, 0.25) is 0 Å². The number of carboxylic acids is 1. The van der Waals surface area contributed by atoms with E-state index >= 15 is 0 Å². The molecule has 1 radical (unpaired) electrons. The number of aliphatic carboxylic acids is 1. The fourth-order valence-electron chi connectivity index (χ4n) is 0.0781. The van der Waals surface area contributed by atoms with Gasteiger partial charge in [0.1, 0.15) is 0 Å². The molecule has 3 nitrogen and oxygen atoms in total. The van der Waals surface area contributed by atoms with Crippen LogP contribution in [0.25, 0.3) is 0 Å². The van der Waals surface area contributed by atoms with Crippen LogP contribution in [0.5, 0.6) is 0 Å². The second-order valence-corrected chi connectivity index (χ2v) is 0.780. The molecule has 0 aromatic heterocycles. The SMILES string of the molecule is O=C(O)C[CH]O. The molecule has 0 unspecified atom stereocenters. The first-order valence-electron chi connectivity index (χ1n) is 1.45. The van der Waals surface area contributed by atoms with Crippen molar-refractivity contribution < 1.29 is 15.0 Å². The van der Waals surface area contributed by atoms with Gasteiger partial charge in [-0.1, -0.05) is 0 Å². The lowest BCUT2D eigenvalue weighted by atomic mass is 10.5. The van der Waals surface area contributed by atoms with E-state index in [0.717, 1.165) is 0 Å². The fraction of sp³-hybridized carbons (Fsp3) is 0.333. The highest BCUT2D eigenvalue weighted by molar-refractivity contribution is 5.67. The molecule has 3 heteroatoms. The second-order valence-electron chi connectivity index (χ2n) is 0.780.